The lowest BCUT2D eigenvalue weighted by atomic mass is 10.1. The van der Waals surface area contributed by atoms with Gasteiger partial charge in [-0.3, -0.25) is 4.79 Å². The van der Waals surface area contributed by atoms with Crippen LogP contribution < -0.4 is 0 Å². The van der Waals surface area contributed by atoms with Crippen LogP contribution in [0.3, 0.4) is 0 Å². The second kappa shape index (κ2) is 5.57. The summed E-state index contributed by atoms with van der Waals surface area (Å²) in [6.07, 6.45) is 4.10. The summed E-state index contributed by atoms with van der Waals surface area (Å²) in [7, 11) is 0. The average molecular weight is 273 g/mol. The minimum Gasteiger partial charge on any atom is -0.377 e. The van der Waals surface area contributed by atoms with Crippen molar-refractivity contribution in [1.82, 2.24) is 4.90 Å². The third-order valence-corrected chi connectivity index (χ3v) is 4.59. The molecule has 2 aliphatic rings. The first-order valence-electron chi connectivity index (χ1n) is 7.65. The lowest BCUT2D eigenvalue weighted by molar-refractivity contribution is -0.137. The van der Waals surface area contributed by atoms with Crippen molar-refractivity contribution in [3.05, 3.63) is 35.9 Å². The van der Waals surface area contributed by atoms with Crippen molar-refractivity contribution in [3.8, 4) is 0 Å². The molecule has 2 fully saturated rings. The van der Waals surface area contributed by atoms with Gasteiger partial charge in [-0.05, 0) is 38.2 Å². The fraction of sp³-hybridized carbons (Fsp3) is 0.588. The molecule has 1 aromatic carbocycles. The summed E-state index contributed by atoms with van der Waals surface area (Å²) in [6.45, 7) is 4.56. The zero-order chi connectivity index (χ0) is 14.0. The third kappa shape index (κ3) is 2.73. The van der Waals surface area contributed by atoms with Gasteiger partial charge in [0, 0.05) is 19.7 Å². The summed E-state index contributed by atoms with van der Waals surface area (Å²) in [6, 6.07) is 10.4. The predicted molar refractivity (Wildman–Crippen MR) is 78.4 cm³/mol. The van der Waals surface area contributed by atoms with Crippen LogP contribution in [0, 0.1) is 5.41 Å². The Kier molecular flexibility index (Phi) is 3.79. The van der Waals surface area contributed by atoms with Crippen LogP contribution in [-0.4, -0.2) is 36.6 Å². The lowest BCUT2D eigenvalue weighted by Gasteiger charge is -2.25. The number of amides is 1. The molecule has 1 saturated carbocycles. The summed E-state index contributed by atoms with van der Waals surface area (Å²) in [5.41, 5.74) is 1.05. The first-order chi connectivity index (χ1) is 9.70. The largest absolute Gasteiger partial charge is 0.377 e. The standard InChI is InChI=1S/C17H23NO2/c1-17-13-15(17)20-12-6-5-10-18(16(17)19)11-9-14-7-3-2-4-8-14/h2-4,7-8,15H,5-6,9-13H2,1H3/t15-,17+/m0/s1. The maximum Gasteiger partial charge on any atom is 0.231 e. The minimum atomic E-state index is -0.249. The Morgan fingerprint density at radius 2 is 2.10 bits per heavy atom. The maximum atomic E-state index is 12.7. The van der Waals surface area contributed by atoms with Crippen LogP contribution in [0.25, 0.3) is 0 Å². The van der Waals surface area contributed by atoms with Crippen LogP contribution in [0.5, 0.6) is 0 Å². The van der Waals surface area contributed by atoms with Gasteiger partial charge < -0.3 is 9.64 Å². The number of rotatable bonds is 3. The number of carbonyl (C=O) groups is 1. The molecule has 20 heavy (non-hydrogen) atoms. The third-order valence-electron chi connectivity index (χ3n) is 4.59. The van der Waals surface area contributed by atoms with E-state index in [0.29, 0.717) is 5.91 Å². The normalized spacial score (nSPS) is 30.1. The highest BCUT2D eigenvalue weighted by atomic mass is 16.5. The molecule has 3 heteroatoms. The van der Waals surface area contributed by atoms with E-state index in [1.165, 1.54) is 5.56 Å². The van der Waals surface area contributed by atoms with Crippen LogP contribution in [0.4, 0.5) is 0 Å². The SMILES string of the molecule is C[C@@]12C[C@@H]1OCCCCN(CCc1ccccc1)C2=O. The van der Waals surface area contributed by atoms with Crippen LogP contribution in [-0.2, 0) is 16.0 Å². The number of benzene rings is 1. The number of ether oxygens (including phenoxy) is 1. The number of fused-ring (bicyclic) bond motifs is 1. The lowest BCUT2D eigenvalue weighted by Crippen LogP contribution is -2.39. The van der Waals surface area contributed by atoms with Crippen molar-refractivity contribution in [2.45, 2.75) is 38.7 Å². The molecule has 1 saturated heterocycles. The van der Waals surface area contributed by atoms with Gasteiger partial charge in [0.25, 0.3) is 0 Å². The number of hydrogen-bond acceptors (Lipinski definition) is 2. The fourth-order valence-electron chi connectivity index (χ4n) is 3.01. The second-order valence-corrected chi connectivity index (χ2v) is 6.22. The Morgan fingerprint density at radius 3 is 2.90 bits per heavy atom. The Bertz CT molecular complexity index is 473. The van der Waals surface area contributed by atoms with Gasteiger partial charge in [-0.1, -0.05) is 30.3 Å². The van der Waals surface area contributed by atoms with Gasteiger partial charge >= 0.3 is 0 Å². The van der Waals surface area contributed by atoms with Gasteiger partial charge in [0.2, 0.25) is 5.91 Å². The predicted octanol–water partition coefficient (Wildman–Crippen LogP) is 2.65. The molecule has 2 atom stereocenters. The van der Waals surface area contributed by atoms with Gasteiger partial charge in [-0.25, -0.2) is 0 Å². The van der Waals surface area contributed by atoms with Crippen molar-refractivity contribution >= 4 is 5.91 Å². The highest BCUT2D eigenvalue weighted by Crippen LogP contribution is 2.49. The molecule has 0 radical (unpaired) electrons. The first kappa shape index (κ1) is 13.6. The van der Waals surface area contributed by atoms with Gasteiger partial charge in [0.05, 0.1) is 11.5 Å². The molecule has 0 unspecified atom stereocenters. The molecule has 0 N–H and O–H groups in total. The number of carbonyl (C=O) groups excluding carboxylic acids is 1. The second-order valence-electron chi connectivity index (χ2n) is 6.22. The van der Waals surface area contributed by atoms with Crippen molar-refractivity contribution in [1.29, 1.82) is 0 Å². The monoisotopic (exact) mass is 273 g/mol. The van der Waals surface area contributed by atoms with Gasteiger partial charge in [-0.15, -0.1) is 0 Å². The van der Waals surface area contributed by atoms with Gasteiger partial charge in [-0.2, -0.15) is 0 Å². The van der Waals surface area contributed by atoms with Crippen LogP contribution in [0.15, 0.2) is 30.3 Å². The number of hydrogen-bond donors (Lipinski definition) is 0. The Labute approximate surface area is 120 Å². The molecule has 1 aliphatic heterocycles. The summed E-state index contributed by atoms with van der Waals surface area (Å²) in [5, 5.41) is 0. The molecular weight excluding hydrogens is 250 g/mol. The van der Waals surface area contributed by atoms with Crippen LogP contribution >= 0.6 is 0 Å². The van der Waals surface area contributed by atoms with Gasteiger partial charge in [0.1, 0.15) is 0 Å². The van der Waals surface area contributed by atoms with E-state index < -0.39 is 0 Å². The smallest absolute Gasteiger partial charge is 0.231 e. The molecule has 0 bridgehead atoms. The van der Waals surface area contributed by atoms with Crippen LogP contribution in [0.1, 0.15) is 31.7 Å². The Balaban J connectivity index is 1.65. The quantitative estimate of drug-likeness (QED) is 0.847. The van der Waals surface area contributed by atoms with Crippen molar-refractivity contribution in [2.75, 3.05) is 19.7 Å². The summed E-state index contributed by atoms with van der Waals surface area (Å²) in [4.78, 5) is 14.7. The molecule has 0 spiro atoms. The summed E-state index contributed by atoms with van der Waals surface area (Å²) >= 11 is 0. The van der Waals surface area contributed by atoms with E-state index in [2.05, 4.69) is 36.1 Å². The van der Waals surface area contributed by atoms with E-state index in [9.17, 15) is 4.79 Å². The highest BCUT2D eigenvalue weighted by Gasteiger charge is 2.58. The molecule has 1 aliphatic carbocycles. The van der Waals surface area contributed by atoms with E-state index in [1.807, 2.05) is 6.07 Å². The molecule has 0 aromatic heterocycles. The molecule has 3 rings (SSSR count). The van der Waals surface area contributed by atoms with E-state index in [4.69, 9.17) is 4.74 Å². The Hall–Kier alpha value is -1.35. The van der Waals surface area contributed by atoms with E-state index >= 15 is 0 Å². The summed E-state index contributed by atoms with van der Waals surface area (Å²) in [5.74, 6) is 0.292. The summed E-state index contributed by atoms with van der Waals surface area (Å²) < 4.78 is 5.77. The van der Waals surface area contributed by atoms with E-state index in [1.54, 1.807) is 0 Å². The maximum absolute atomic E-state index is 12.7. The Morgan fingerprint density at radius 1 is 1.30 bits per heavy atom. The average Bonchev–Trinajstić information content (AvgIpc) is 3.13. The molecule has 1 heterocycles. The zero-order valence-corrected chi connectivity index (χ0v) is 12.2. The molecule has 3 nitrogen and oxygen atoms in total. The van der Waals surface area contributed by atoms with E-state index in [-0.39, 0.29) is 11.5 Å². The molecule has 108 valence electrons. The van der Waals surface area contributed by atoms with Crippen molar-refractivity contribution in [2.24, 2.45) is 5.41 Å². The van der Waals surface area contributed by atoms with Crippen molar-refractivity contribution in [3.63, 3.8) is 0 Å². The fourth-order valence-corrected chi connectivity index (χ4v) is 3.01. The molecule has 1 aromatic rings. The first-order valence-corrected chi connectivity index (χ1v) is 7.65. The van der Waals surface area contributed by atoms with Gasteiger partial charge in [0.15, 0.2) is 0 Å². The number of nitrogens with zero attached hydrogens (tertiary/aromatic N) is 1. The van der Waals surface area contributed by atoms with Crippen LogP contribution in [0.2, 0.25) is 0 Å². The molecular formula is C17H23NO2. The zero-order valence-electron chi connectivity index (χ0n) is 12.2. The topological polar surface area (TPSA) is 29.5 Å². The van der Waals surface area contributed by atoms with E-state index in [0.717, 1.165) is 45.4 Å². The van der Waals surface area contributed by atoms with Crippen molar-refractivity contribution < 1.29 is 9.53 Å². The molecule has 1 amide bonds. The highest BCUT2D eigenvalue weighted by molar-refractivity contribution is 5.86. The minimum absolute atomic E-state index is 0.160.